The Morgan fingerprint density at radius 2 is 1.86 bits per heavy atom. The van der Waals surface area contributed by atoms with E-state index in [1.54, 1.807) is 36.4 Å². The molecule has 3 N–H and O–H groups in total. The molecule has 6 nitrogen and oxygen atoms in total. The van der Waals surface area contributed by atoms with E-state index in [2.05, 4.69) is 14.7 Å². The molecule has 0 aliphatic carbocycles. The van der Waals surface area contributed by atoms with Crippen molar-refractivity contribution in [2.45, 2.75) is 0 Å². The molecule has 0 unspecified atom stereocenters. The maximum absolute atomic E-state index is 12.5. The molecule has 0 spiro atoms. The lowest BCUT2D eigenvalue weighted by atomic mass is 10.0. The topological polar surface area (TPSA) is 98.1 Å². The second-order valence-electron chi connectivity index (χ2n) is 4.69. The largest absolute Gasteiger partial charge is 0.463 e. The van der Waals surface area contributed by atoms with Crippen molar-refractivity contribution in [3.63, 3.8) is 0 Å². The van der Waals surface area contributed by atoms with E-state index in [1.165, 1.54) is 7.11 Å². The van der Waals surface area contributed by atoms with Crippen molar-refractivity contribution in [3.8, 4) is 0 Å². The number of methoxy groups -OCH3 is 1. The molecule has 6 heteroatoms. The van der Waals surface area contributed by atoms with E-state index in [1.807, 2.05) is 6.07 Å². The highest BCUT2D eigenvalue weighted by molar-refractivity contribution is 6.15. The molecule has 3 aromatic rings. The lowest BCUT2D eigenvalue weighted by Gasteiger charge is -2.05. The molecule has 0 radical (unpaired) electrons. The van der Waals surface area contributed by atoms with Gasteiger partial charge in [0.05, 0.1) is 23.8 Å². The van der Waals surface area contributed by atoms with E-state index in [4.69, 9.17) is 5.73 Å². The van der Waals surface area contributed by atoms with Crippen LogP contribution in [-0.4, -0.2) is 28.8 Å². The Hall–Kier alpha value is -3.15. The van der Waals surface area contributed by atoms with Crippen LogP contribution in [0.2, 0.25) is 0 Å². The van der Waals surface area contributed by atoms with Gasteiger partial charge in [-0.3, -0.25) is 4.79 Å². The molecule has 0 fully saturated rings. The molecular formula is C16H13N3O3. The fourth-order valence-corrected chi connectivity index (χ4v) is 2.24. The molecule has 0 aliphatic heterocycles. The predicted octanol–water partition coefficient (Wildman–Crippen LogP) is 2.16. The number of anilines is 1. The Morgan fingerprint density at radius 1 is 1.14 bits per heavy atom. The zero-order chi connectivity index (χ0) is 15.7. The number of fused-ring (bicyclic) bond motifs is 1. The van der Waals surface area contributed by atoms with Crippen LogP contribution in [0.15, 0.2) is 42.5 Å². The van der Waals surface area contributed by atoms with E-state index >= 15 is 0 Å². The standard InChI is InChI=1S/C16H13N3O3/c1-22-16(21)15-18-11-8-7-10(12(17)13(11)19-15)14(20)9-5-3-2-4-6-9/h2-8H,17H2,1H3,(H,18,19). The zero-order valence-corrected chi connectivity index (χ0v) is 11.8. The monoisotopic (exact) mass is 295 g/mol. The van der Waals surface area contributed by atoms with Crippen molar-refractivity contribution < 1.29 is 14.3 Å². The number of rotatable bonds is 3. The van der Waals surface area contributed by atoms with Gasteiger partial charge in [0.25, 0.3) is 0 Å². The van der Waals surface area contributed by atoms with E-state index in [9.17, 15) is 9.59 Å². The molecule has 110 valence electrons. The number of ketones is 1. The van der Waals surface area contributed by atoms with Gasteiger partial charge in [0.1, 0.15) is 0 Å². The Morgan fingerprint density at radius 3 is 2.55 bits per heavy atom. The van der Waals surface area contributed by atoms with Crippen LogP contribution < -0.4 is 5.73 Å². The molecule has 0 amide bonds. The minimum absolute atomic E-state index is 0.0495. The Labute approximate surface area is 125 Å². The third-order valence-corrected chi connectivity index (χ3v) is 3.36. The molecular weight excluding hydrogens is 282 g/mol. The van der Waals surface area contributed by atoms with E-state index < -0.39 is 5.97 Å². The molecule has 0 saturated heterocycles. The summed E-state index contributed by atoms with van der Waals surface area (Å²) in [6.07, 6.45) is 0. The molecule has 3 rings (SSSR count). The number of nitrogens with two attached hydrogens (primary N) is 1. The number of nitrogens with zero attached hydrogens (tertiary/aromatic N) is 1. The summed E-state index contributed by atoms with van der Waals surface area (Å²) < 4.78 is 4.61. The number of carbonyl (C=O) groups is 2. The SMILES string of the molecule is COC(=O)c1nc2ccc(C(=O)c3ccccc3)c(N)c2[nH]1. The van der Waals surface area contributed by atoms with Crippen LogP contribution in [0.4, 0.5) is 5.69 Å². The molecule has 22 heavy (non-hydrogen) atoms. The number of nitrogen functional groups attached to an aromatic ring is 1. The van der Waals surface area contributed by atoms with Crippen molar-refractivity contribution >= 4 is 28.5 Å². The van der Waals surface area contributed by atoms with Crippen LogP contribution in [0.3, 0.4) is 0 Å². The summed E-state index contributed by atoms with van der Waals surface area (Å²) in [5, 5.41) is 0. The van der Waals surface area contributed by atoms with Gasteiger partial charge in [-0.25, -0.2) is 9.78 Å². The number of hydrogen-bond acceptors (Lipinski definition) is 5. The number of carbonyl (C=O) groups excluding carboxylic acids is 2. The molecule has 0 bridgehead atoms. The van der Waals surface area contributed by atoms with Crippen LogP contribution in [0.5, 0.6) is 0 Å². The number of aromatic nitrogens is 2. The number of H-pyrrole nitrogens is 1. The number of esters is 1. The second kappa shape index (κ2) is 5.33. The van der Waals surface area contributed by atoms with Gasteiger partial charge in [0.15, 0.2) is 5.78 Å². The lowest BCUT2D eigenvalue weighted by molar-refractivity contribution is 0.0588. The van der Waals surface area contributed by atoms with Gasteiger partial charge in [-0.15, -0.1) is 0 Å². The average molecular weight is 295 g/mol. The minimum atomic E-state index is -0.591. The van der Waals surface area contributed by atoms with Gasteiger partial charge >= 0.3 is 5.97 Å². The fraction of sp³-hybridized carbons (Fsp3) is 0.0625. The maximum Gasteiger partial charge on any atom is 0.374 e. The summed E-state index contributed by atoms with van der Waals surface area (Å²) in [7, 11) is 1.27. The third-order valence-electron chi connectivity index (χ3n) is 3.36. The molecule has 0 aliphatic rings. The van der Waals surface area contributed by atoms with Crippen LogP contribution in [0, 0.1) is 0 Å². The average Bonchev–Trinajstić information content (AvgIpc) is 3.00. The quantitative estimate of drug-likeness (QED) is 0.438. The van der Waals surface area contributed by atoms with Crippen molar-refractivity contribution in [2.24, 2.45) is 0 Å². The van der Waals surface area contributed by atoms with Crippen LogP contribution in [0.25, 0.3) is 11.0 Å². The first-order valence-electron chi connectivity index (χ1n) is 6.58. The van der Waals surface area contributed by atoms with Gasteiger partial charge in [-0.2, -0.15) is 0 Å². The fourth-order valence-electron chi connectivity index (χ4n) is 2.24. The third kappa shape index (κ3) is 2.20. The summed E-state index contributed by atoms with van der Waals surface area (Å²) in [5.41, 5.74) is 8.18. The first-order valence-corrected chi connectivity index (χ1v) is 6.58. The van der Waals surface area contributed by atoms with Crippen molar-refractivity contribution in [1.29, 1.82) is 0 Å². The molecule has 1 heterocycles. The van der Waals surface area contributed by atoms with Gasteiger partial charge in [-0.05, 0) is 12.1 Å². The van der Waals surface area contributed by atoms with Crippen LogP contribution in [0.1, 0.15) is 26.5 Å². The lowest BCUT2D eigenvalue weighted by Crippen LogP contribution is -2.06. The van der Waals surface area contributed by atoms with Crippen LogP contribution in [-0.2, 0) is 4.74 Å². The second-order valence-corrected chi connectivity index (χ2v) is 4.69. The molecule has 1 aromatic heterocycles. The van der Waals surface area contributed by atoms with Gasteiger partial charge in [-0.1, -0.05) is 30.3 Å². The number of aromatic amines is 1. The maximum atomic E-state index is 12.5. The Bertz CT molecular complexity index is 869. The van der Waals surface area contributed by atoms with Gasteiger partial charge in [0.2, 0.25) is 5.82 Å². The van der Waals surface area contributed by atoms with E-state index in [-0.39, 0.29) is 17.3 Å². The Balaban J connectivity index is 2.10. The van der Waals surface area contributed by atoms with Crippen molar-refractivity contribution in [2.75, 3.05) is 12.8 Å². The number of imidazole rings is 1. The summed E-state index contributed by atoms with van der Waals surface area (Å²) in [5.74, 6) is -0.728. The smallest absolute Gasteiger partial charge is 0.374 e. The summed E-state index contributed by atoms with van der Waals surface area (Å²) >= 11 is 0. The summed E-state index contributed by atoms with van der Waals surface area (Å²) in [6.45, 7) is 0. The highest BCUT2D eigenvalue weighted by Gasteiger charge is 2.18. The minimum Gasteiger partial charge on any atom is -0.463 e. The van der Waals surface area contributed by atoms with Crippen molar-refractivity contribution in [3.05, 3.63) is 59.4 Å². The van der Waals surface area contributed by atoms with Crippen molar-refractivity contribution in [1.82, 2.24) is 9.97 Å². The number of benzene rings is 2. The van der Waals surface area contributed by atoms with Crippen LogP contribution >= 0.6 is 0 Å². The van der Waals surface area contributed by atoms with Gasteiger partial charge in [0, 0.05) is 11.1 Å². The number of hydrogen-bond donors (Lipinski definition) is 2. The highest BCUT2D eigenvalue weighted by Crippen LogP contribution is 2.25. The first-order chi connectivity index (χ1) is 10.6. The highest BCUT2D eigenvalue weighted by atomic mass is 16.5. The molecule has 0 atom stereocenters. The van der Waals surface area contributed by atoms with E-state index in [0.717, 1.165) is 0 Å². The molecule has 2 aromatic carbocycles. The number of ether oxygens (including phenoxy) is 1. The Kier molecular flexibility index (Phi) is 3.34. The molecule has 0 saturated carbocycles. The van der Waals surface area contributed by atoms with E-state index in [0.29, 0.717) is 22.2 Å². The first kappa shape index (κ1) is 13.8. The summed E-state index contributed by atoms with van der Waals surface area (Å²) in [4.78, 5) is 30.9. The summed E-state index contributed by atoms with van der Waals surface area (Å²) in [6, 6.07) is 12.1. The van der Waals surface area contributed by atoms with Gasteiger partial charge < -0.3 is 15.5 Å². The number of nitrogens with one attached hydrogen (secondary N) is 1. The zero-order valence-electron chi connectivity index (χ0n) is 11.8. The predicted molar refractivity (Wildman–Crippen MR) is 81.7 cm³/mol. The normalized spacial score (nSPS) is 10.6.